The SMILES string of the molecule is Cc1noc(CCNC(=O)c2n[nH]c(C3CC3)n2)n1. The number of hydrogen-bond donors (Lipinski definition) is 2. The lowest BCUT2D eigenvalue weighted by Crippen LogP contribution is -2.26. The Hall–Kier alpha value is -2.25. The zero-order valence-electron chi connectivity index (χ0n) is 10.5. The Morgan fingerprint density at radius 2 is 2.32 bits per heavy atom. The van der Waals surface area contributed by atoms with Crippen molar-refractivity contribution in [2.45, 2.75) is 32.1 Å². The van der Waals surface area contributed by atoms with Crippen LogP contribution in [0.3, 0.4) is 0 Å². The van der Waals surface area contributed by atoms with E-state index in [4.69, 9.17) is 4.52 Å². The number of aromatic nitrogens is 5. The third kappa shape index (κ3) is 2.78. The fraction of sp³-hybridized carbons (Fsp3) is 0.545. The first-order chi connectivity index (χ1) is 9.22. The smallest absolute Gasteiger partial charge is 0.290 e. The fourth-order valence-corrected chi connectivity index (χ4v) is 1.72. The average molecular weight is 262 g/mol. The molecule has 1 saturated carbocycles. The summed E-state index contributed by atoms with van der Waals surface area (Å²) in [5.74, 6) is 2.24. The van der Waals surface area contributed by atoms with E-state index in [1.165, 1.54) is 0 Å². The van der Waals surface area contributed by atoms with Gasteiger partial charge in [0.05, 0.1) is 0 Å². The van der Waals surface area contributed by atoms with E-state index in [2.05, 4.69) is 30.6 Å². The van der Waals surface area contributed by atoms with E-state index in [-0.39, 0.29) is 11.7 Å². The van der Waals surface area contributed by atoms with Gasteiger partial charge >= 0.3 is 0 Å². The minimum atomic E-state index is -0.292. The molecule has 0 bridgehead atoms. The number of hydrogen-bond acceptors (Lipinski definition) is 6. The Labute approximate surface area is 109 Å². The minimum absolute atomic E-state index is 0.184. The molecule has 1 aliphatic rings. The van der Waals surface area contributed by atoms with Crippen LogP contribution in [-0.4, -0.2) is 37.8 Å². The second kappa shape index (κ2) is 4.79. The lowest BCUT2D eigenvalue weighted by atomic mass is 10.4. The van der Waals surface area contributed by atoms with E-state index in [1.807, 2.05) is 0 Å². The highest BCUT2D eigenvalue weighted by Gasteiger charge is 2.28. The number of H-pyrrole nitrogens is 1. The molecule has 0 aliphatic heterocycles. The zero-order chi connectivity index (χ0) is 13.2. The quantitative estimate of drug-likeness (QED) is 0.804. The molecule has 8 nitrogen and oxygen atoms in total. The van der Waals surface area contributed by atoms with Crippen molar-refractivity contribution in [1.29, 1.82) is 0 Å². The molecule has 3 rings (SSSR count). The molecule has 0 spiro atoms. The van der Waals surface area contributed by atoms with Crippen LogP contribution in [0.25, 0.3) is 0 Å². The van der Waals surface area contributed by atoms with E-state index < -0.39 is 0 Å². The summed E-state index contributed by atoms with van der Waals surface area (Å²) in [6.45, 7) is 2.16. The van der Waals surface area contributed by atoms with Crippen LogP contribution in [0.4, 0.5) is 0 Å². The van der Waals surface area contributed by atoms with Crippen molar-refractivity contribution < 1.29 is 9.32 Å². The van der Waals surface area contributed by atoms with Crippen LogP contribution in [0.1, 0.15) is 46.9 Å². The van der Waals surface area contributed by atoms with Crippen LogP contribution in [0.2, 0.25) is 0 Å². The summed E-state index contributed by atoms with van der Waals surface area (Å²) in [4.78, 5) is 20.0. The lowest BCUT2D eigenvalue weighted by Gasteiger charge is -1.98. The number of nitrogens with zero attached hydrogens (tertiary/aromatic N) is 4. The van der Waals surface area contributed by atoms with Gasteiger partial charge in [0.25, 0.3) is 5.91 Å². The van der Waals surface area contributed by atoms with E-state index in [9.17, 15) is 4.79 Å². The number of amides is 1. The molecule has 1 fully saturated rings. The van der Waals surface area contributed by atoms with Crippen molar-refractivity contribution in [3.8, 4) is 0 Å². The first-order valence-corrected chi connectivity index (χ1v) is 6.22. The van der Waals surface area contributed by atoms with E-state index in [1.54, 1.807) is 6.92 Å². The van der Waals surface area contributed by atoms with Gasteiger partial charge in [-0.05, 0) is 19.8 Å². The van der Waals surface area contributed by atoms with E-state index in [0.29, 0.717) is 30.6 Å². The first kappa shape index (κ1) is 11.8. The Kier molecular flexibility index (Phi) is 2.98. The normalized spacial score (nSPS) is 14.6. The van der Waals surface area contributed by atoms with Crippen LogP contribution < -0.4 is 5.32 Å². The van der Waals surface area contributed by atoms with Crippen LogP contribution in [-0.2, 0) is 6.42 Å². The van der Waals surface area contributed by atoms with Gasteiger partial charge in [-0.15, -0.1) is 5.10 Å². The van der Waals surface area contributed by atoms with Gasteiger partial charge in [-0.2, -0.15) is 4.98 Å². The molecule has 100 valence electrons. The summed E-state index contributed by atoms with van der Waals surface area (Å²) in [5.41, 5.74) is 0. The average Bonchev–Trinajstić information content (AvgIpc) is 2.97. The molecule has 0 saturated heterocycles. The molecular weight excluding hydrogens is 248 g/mol. The van der Waals surface area contributed by atoms with Gasteiger partial charge in [0, 0.05) is 18.9 Å². The van der Waals surface area contributed by atoms with Gasteiger partial charge in [0.15, 0.2) is 5.82 Å². The molecule has 19 heavy (non-hydrogen) atoms. The van der Waals surface area contributed by atoms with Crippen LogP contribution in [0.5, 0.6) is 0 Å². The van der Waals surface area contributed by atoms with Crippen molar-refractivity contribution in [3.63, 3.8) is 0 Å². The highest BCUT2D eigenvalue weighted by atomic mass is 16.5. The molecule has 1 amide bonds. The van der Waals surface area contributed by atoms with Crippen molar-refractivity contribution in [2.24, 2.45) is 0 Å². The van der Waals surface area contributed by atoms with E-state index in [0.717, 1.165) is 18.7 Å². The van der Waals surface area contributed by atoms with Gasteiger partial charge in [0.1, 0.15) is 5.82 Å². The minimum Gasteiger partial charge on any atom is -0.349 e. The zero-order valence-corrected chi connectivity index (χ0v) is 10.5. The lowest BCUT2D eigenvalue weighted by molar-refractivity contribution is 0.0943. The predicted octanol–water partition coefficient (Wildman–Crippen LogP) is 0.346. The van der Waals surface area contributed by atoms with Gasteiger partial charge in [-0.3, -0.25) is 9.89 Å². The number of aryl methyl sites for hydroxylation is 1. The third-order valence-electron chi connectivity index (χ3n) is 2.86. The molecule has 0 aromatic carbocycles. The molecule has 2 heterocycles. The summed E-state index contributed by atoms with van der Waals surface area (Å²) in [5, 5.41) is 13.1. The maximum absolute atomic E-state index is 11.8. The van der Waals surface area contributed by atoms with Crippen molar-refractivity contribution in [3.05, 3.63) is 23.4 Å². The van der Waals surface area contributed by atoms with Gasteiger partial charge in [-0.25, -0.2) is 4.98 Å². The summed E-state index contributed by atoms with van der Waals surface area (Å²) in [7, 11) is 0. The molecule has 0 radical (unpaired) electrons. The predicted molar refractivity (Wildman–Crippen MR) is 63.4 cm³/mol. The summed E-state index contributed by atoms with van der Waals surface area (Å²) in [6, 6.07) is 0. The number of carbonyl (C=O) groups excluding carboxylic acids is 1. The van der Waals surface area contributed by atoms with Crippen molar-refractivity contribution >= 4 is 5.91 Å². The largest absolute Gasteiger partial charge is 0.349 e. The Morgan fingerprint density at radius 1 is 1.47 bits per heavy atom. The summed E-state index contributed by atoms with van der Waals surface area (Å²) in [6.07, 6.45) is 2.73. The van der Waals surface area contributed by atoms with Crippen LogP contribution >= 0.6 is 0 Å². The number of aromatic amines is 1. The topological polar surface area (TPSA) is 110 Å². The summed E-state index contributed by atoms with van der Waals surface area (Å²) < 4.78 is 4.95. The maximum atomic E-state index is 11.8. The Balaban J connectivity index is 1.50. The van der Waals surface area contributed by atoms with Crippen molar-refractivity contribution in [1.82, 2.24) is 30.6 Å². The molecule has 2 aromatic rings. The maximum Gasteiger partial charge on any atom is 0.290 e. The second-order valence-corrected chi connectivity index (χ2v) is 4.56. The molecule has 8 heteroatoms. The molecule has 0 atom stereocenters. The standard InChI is InChI=1S/C11H14N6O2/c1-6-13-8(19-17-6)4-5-12-11(18)10-14-9(15-16-10)7-2-3-7/h7H,2-5H2,1H3,(H,12,18)(H,14,15,16). The van der Waals surface area contributed by atoms with Crippen molar-refractivity contribution in [2.75, 3.05) is 6.54 Å². The Morgan fingerprint density at radius 3 is 3.00 bits per heavy atom. The first-order valence-electron chi connectivity index (χ1n) is 6.22. The highest BCUT2D eigenvalue weighted by molar-refractivity contribution is 5.90. The number of nitrogens with one attached hydrogen (secondary N) is 2. The Bertz CT molecular complexity index is 586. The fourth-order valence-electron chi connectivity index (χ4n) is 1.72. The van der Waals surface area contributed by atoms with E-state index >= 15 is 0 Å². The summed E-state index contributed by atoms with van der Waals surface area (Å²) >= 11 is 0. The van der Waals surface area contributed by atoms with Gasteiger partial charge in [0.2, 0.25) is 11.7 Å². The van der Waals surface area contributed by atoms with Gasteiger partial charge < -0.3 is 9.84 Å². The molecule has 2 aromatic heterocycles. The highest BCUT2D eigenvalue weighted by Crippen LogP contribution is 2.37. The van der Waals surface area contributed by atoms with Gasteiger partial charge in [-0.1, -0.05) is 5.16 Å². The number of rotatable bonds is 5. The molecule has 2 N–H and O–H groups in total. The monoisotopic (exact) mass is 262 g/mol. The molecular formula is C11H14N6O2. The van der Waals surface area contributed by atoms with Crippen LogP contribution in [0.15, 0.2) is 4.52 Å². The molecule has 0 unspecified atom stereocenters. The third-order valence-corrected chi connectivity index (χ3v) is 2.86. The second-order valence-electron chi connectivity index (χ2n) is 4.56. The number of carbonyl (C=O) groups is 1. The van der Waals surface area contributed by atoms with Crippen LogP contribution in [0, 0.1) is 6.92 Å². The molecule has 1 aliphatic carbocycles.